The number of hydrogen-bond donors (Lipinski definition) is 3. The number of benzene rings is 2. The summed E-state index contributed by atoms with van der Waals surface area (Å²) in [7, 11) is 0. The summed E-state index contributed by atoms with van der Waals surface area (Å²) in [6.45, 7) is 0. The lowest BCUT2D eigenvalue weighted by Gasteiger charge is -2.07. The van der Waals surface area contributed by atoms with Crippen molar-refractivity contribution < 1.29 is 9.72 Å². The van der Waals surface area contributed by atoms with Gasteiger partial charge < -0.3 is 10.7 Å². The molecule has 2 aromatic rings. The number of nitro benzene ring substituents is 1. The zero-order valence-electron chi connectivity index (χ0n) is 10.7. The first-order chi connectivity index (χ1) is 10.0. The van der Waals surface area contributed by atoms with Crippen molar-refractivity contribution in [3.8, 4) is 0 Å². The second kappa shape index (κ2) is 6.50. The molecule has 108 valence electrons. The Hall–Kier alpha value is -2.20. The van der Waals surface area contributed by atoms with Gasteiger partial charge in [-0.15, -0.1) is 0 Å². The third-order valence-electron chi connectivity index (χ3n) is 2.69. The van der Waals surface area contributed by atoms with Gasteiger partial charge in [0.05, 0.1) is 4.92 Å². The van der Waals surface area contributed by atoms with Gasteiger partial charge in [-0.05, 0) is 52.9 Å². The molecule has 1 amide bonds. The van der Waals surface area contributed by atoms with E-state index in [1.165, 1.54) is 18.2 Å². The summed E-state index contributed by atoms with van der Waals surface area (Å²) in [5, 5.41) is 13.6. The van der Waals surface area contributed by atoms with E-state index in [1.54, 1.807) is 18.2 Å². The molecule has 0 heterocycles. The topological polar surface area (TPSA) is 110 Å². The summed E-state index contributed by atoms with van der Waals surface area (Å²) in [5.41, 5.74) is 2.91. The fourth-order valence-electron chi connectivity index (χ4n) is 1.72. The highest BCUT2D eigenvalue weighted by atomic mass is 127. The molecule has 21 heavy (non-hydrogen) atoms. The molecule has 8 heteroatoms. The predicted octanol–water partition coefficient (Wildman–Crippen LogP) is 2.74. The van der Waals surface area contributed by atoms with Crippen LogP contribution in [0.1, 0.15) is 10.4 Å². The Labute approximate surface area is 133 Å². The van der Waals surface area contributed by atoms with Crippen LogP contribution < -0.4 is 16.6 Å². The molecule has 4 N–H and O–H groups in total. The molecule has 0 aliphatic carbocycles. The van der Waals surface area contributed by atoms with Crippen molar-refractivity contribution in [3.05, 3.63) is 61.7 Å². The average Bonchev–Trinajstić information content (AvgIpc) is 2.46. The molecule has 2 rings (SSSR count). The highest BCUT2D eigenvalue weighted by Crippen LogP contribution is 2.25. The molecular formula is C13H11IN4O3. The number of anilines is 2. The number of nitrogens with two attached hydrogens (primary N) is 1. The summed E-state index contributed by atoms with van der Waals surface area (Å²) in [4.78, 5) is 22.4. The number of amides is 1. The summed E-state index contributed by atoms with van der Waals surface area (Å²) in [6, 6.07) is 11.3. The molecule has 0 saturated carbocycles. The van der Waals surface area contributed by atoms with E-state index in [9.17, 15) is 14.9 Å². The molecule has 2 aromatic carbocycles. The van der Waals surface area contributed by atoms with Gasteiger partial charge in [0.1, 0.15) is 5.69 Å². The van der Waals surface area contributed by atoms with Gasteiger partial charge in [0.2, 0.25) is 0 Å². The Morgan fingerprint density at radius 3 is 2.62 bits per heavy atom. The zero-order chi connectivity index (χ0) is 15.4. The van der Waals surface area contributed by atoms with Crippen molar-refractivity contribution >= 4 is 45.6 Å². The van der Waals surface area contributed by atoms with Crippen LogP contribution in [0.25, 0.3) is 0 Å². The van der Waals surface area contributed by atoms with Gasteiger partial charge in [-0.25, -0.2) is 0 Å². The third-order valence-corrected chi connectivity index (χ3v) is 3.37. The van der Waals surface area contributed by atoms with E-state index in [2.05, 4.69) is 33.3 Å². The standard InChI is InChI=1S/C13H11IN4O3/c14-9-2-1-3-10(7-9)16-13(19)8-4-5-11(17-15)12(6-8)18(20)21/h1-7,17H,15H2,(H,16,19). The van der Waals surface area contributed by atoms with Crippen LogP contribution in [0.5, 0.6) is 0 Å². The number of nitrogen functional groups attached to an aromatic ring is 1. The SMILES string of the molecule is NNc1ccc(C(=O)Nc2cccc(I)c2)cc1[N+](=O)[O-]. The molecular weight excluding hydrogens is 387 g/mol. The van der Waals surface area contributed by atoms with Crippen molar-refractivity contribution in [3.63, 3.8) is 0 Å². The maximum atomic E-state index is 12.1. The Morgan fingerprint density at radius 2 is 2.00 bits per heavy atom. The quantitative estimate of drug-likeness (QED) is 0.318. The van der Waals surface area contributed by atoms with Crippen molar-refractivity contribution in [2.45, 2.75) is 0 Å². The van der Waals surface area contributed by atoms with Crippen molar-refractivity contribution in [1.82, 2.24) is 0 Å². The number of carbonyl (C=O) groups excluding carboxylic acids is 1. The summed E-state index contributed by atoms with van der Waals surface area (Å²) in [6.07, 6.45) is 0. The second-order valence-corrected chi connectivity index (χ2v) is 5.34. The maximum absolute atomic E-state index is 12.1. The maximum Gasteiger partial charge on any atom is 0.294 e. The molecule has 7 nitrogen and oxygen atoms in total. The molecule has 0 aliphatic heterocycles. The van der Waals surface area contributed by atoms with Gasteiger partial charge in [0.15, 0.2) is 0 Å². The molecule has 0 saturated heterocycles. The minimum Gasteiger partial charge on any atom is -0.322 e. The monoisotopic (exact) mass is 398 g/mol. The van der Waals surface area contributed by atoms with Crippen molar-refractivity contribution in [2.24, 2.45) is 5.84 Å². The number of nitrogens with zero attached hydrogens (tertiary/aromatic N) is 1. The highest BCUT2D eigenvalue weighted by Gasteiger charge is 2.17. The van der Waals surface area contributed by atoms with E-state index in [-0.39, 0.29) is 16.9 Å². The normalized spacial score (nSPS) is 10.0. The van der Waals surface area contributed by atoms with Crippen LogP contribution in [-0.4, -0.2) is 10.8 Å². The fourth-order valence-corrected chi connectivity index (χ4v) is 2.26. The molecule has 0 spiro atoms. The summed E-state index contributed by atoms with van der Waals surface area (Å²) >= 11 is 2.13. The van der Waals surface area contributed by atoms with Gasteiger partial charge in [-0.2, -0.15) is 0 Å². The molecule has 0 bridgehead atoms. The minimum absolute atomic E-state index is 0.144. The van der Waals surface area contributed by atoms with Crippen LogP contribution in [-0.2, 0) is 0 Å². The first kappa shape index (κ1) is 15.2. The van der Waals surface area contributed by atoms with E-state index in [1.807, 2.05) is 6.07 Å². The first-order valence-corrected chi connectivity index (χ1v) is 6.91. The third kappa shape index (κ3) is 3.67. The number of hydrogen-bond acceptors (Lipinski definition) is 5. The zero-order valence-corrected chi connectivity index (χ0v) is 12.8. The summed E-state index contributed by atoms with van der Waals surface area (Å²) < 4.78 is 0.971. The Balaban J connectivity index is 2.27. The number of nitro groups is 1. The Kier molecular flexibility index (Phi) is 4.70. The molecule has 0 atom stereocenters. The predicted molar refractivity (Wildman–Crippen MR) is 88.0 cm³/mol. The largest absolute Gasteiger partial charge is 0.322 e. The van der Waals surface area contributed by atoms with E-state index in [4.69, 9.17) is 5.84 Å². The van der Waals surface area contributed by atoms with Crippen molar-refractivity contribution in [1.29, 1.82) is 0 Å². The van der Waals surface area contributed by atoms with Crippen LogP contribution in [0.3, 0.4) is 0 Å². The average molecular weight is 398 g/mol. The number of carbonyl (C=O) groups is 1. The van der Waals surface area contributed by atoms with E-state index in [0.717, 1.165) is 3.57 Å². The fraction of sp³-hybridized carbons (Fsp3) is 0. The van der Waals surface area contributed by atoms with Crippen LogP contribution in [0.15, 0.2) is 42.5 Å². The van der Waals surface area contributed by atoms with Gasteiger partial charge >= 0.3 is 0 Å². The van der Waals surface area contributed by atoms with E-state index >= 15 is 0 Å². The Morgan fingerprint density at radius 1 is 1.24 bits per heavy atom. The van der Waals surface area contributed by atoms with Crippen molar-refractivity contribution in [2.75, 3.05) is 10.7 Å². The van der Waals surface area contributed by atoms with Gasteiger partial charge in [-0.3, -0.25) is 20.8 Å². The lowest BCUT2D eigenvalue weighted by Crippen LogP contribution is -2.14. The number of nitrogens with one attached hydrogen (secondary N) is 2. The summed E-state index contributed by atoms with van der Waals surface area (Å²) in [5.74, 6) is 4.77. The number of hydrazine groups is 1. The van der Waals surface area contributed by atoms with E-state index in [0.29, 0.717) is 5.69 Å². The first-order valence-electron chi connectivity index (χ1n) is 5.83. The highest BCUT2D eigenvalue weighted by molar-refractivity contribution is 14.1. The van der Waals surface area contributed by atoms with Crippen LogP contribution in [0, 0.1) is 13.7 Å². The number of halogens is 1. The lowest BCUT2D eigenvalue weighted by atomic mass is 10.1. The van der Waals surface area contributed by atoms with Crippen LogP contribution in [0.4, 0.5) is 17.1 Å². The lowest BCUT2D eigenvalue weighted by molar-refractivity contribution is -0.384. The number of rotatable bonds is 4. The van der Waals surface area contributed by atoms with Crippen LogP contribution >= 0.6 is 22.6 Å². The molecule has 0 aromatic heterocycles. The van der Waals surface area contributed by atoms with Crippen LogP contribution in [0.2, 0.25) is 0 Å². The molecule has 0 aliphatic rings. The second-order valence-electron chi connectivity index (χ2n) is 4.10. The van der Waals surface area contributed by atoms with Gasteiger partial charge in [-0.1, -0.05) is 6.07 Å². The van der Waals surface area contributed by atoms with Gasteiger partial charge in [0, 0.05) is 20.9 Å². The smallest absolute Gasteiger partial charge is 0.294 e. The molecule has 0 unspecified atom stereocenters. The van der Waals surface area contributed by atoms with Gasteiger partial charge in [0.25, 0.3) is 11.6 Å². The Bertz CT molecular complexity index is 706. The van der Waals surface area contributed by atoms with E-state index < -0.39 is 10.8 Å². The molecule has 0 radical (unpaired) electrons. The minimum atomic E-state index is -0.600. The molecule has 0 fully saturated rings.